The van der Waals surface area contributed by atoms with Crippen LogP contribution in [0.4, 0.5) is 5.69 Å². The first-order valence-electron chi connectivity index (χ1n) is 5.09. The summed E-state index contributed by atoms with van der Waals surface area (Å²) in [7, 11) is 0. The van der Waals surface area contributed by atoms with E-state index in [-0.39, 0.29) is 5.91 Å². The van der Waals surface area contributed by atoms with Gasteiger partial charge in [-0.2, -0.15) is 0 Å². The number of nitrogens with one attached hydrogen (secondary N) is 1. The molecule has 0 aromatic heterocycles. The molecule has 0 saturated heterocycles. The maximum atomic E-state index is 12.1. The van der Waals surface area contributed by atoms with Crippen LogP contribution in [0.3, 0.4) is 0 Å². The highest BCUT2D eigenvalue weighted by Crippen LogP contribution is 2.24. The summed E-state index contributed by atoms with van der Waals surface area (Å²) in [5, 5.41) is 3.27. The molecule has 0 fully saturated rings. The molecule has 2 nitrogen and oxygen atoms in total. The van der Waals surface area contributed by atoms with Gasteiger partial charge in [0.1, 0.15) is 0 Å². The highest BCUT2D eigenvalue weighted by atomic mass is 127. The quantitative estimate of drug-likeness (QED) is 0.663. The SMILES string of the molecule is O=C(Nc1ccccc1Br)c1cc(I)ccc1Cl. The van der Waals surface area contributed by atoms with Crippen molar-refractivity contribution in [2.75, 3.05) is 5.32 Å². The molecule has 2 aromatic rings. The molecule has 0 aliphatic heterocycles. The first kappa shape index (κ1) is 13.8. The summed E-state index contributed by atoms with van der Waals surface area (Å²) >= 11 is 11.5. The van der Waals surface area contributed by atoms with Crippen LogP contribution in [0, 0.1) is 3.57 Å². The molecule has 92 valence electrons. The number of benzene rings is 2. The molecular formula is C13H8BrClINO. The number of hydrogen-bond acceptors (Lipinski definition) is 1. The van der Waals surface area contributed by atoms with Gasteiger partial charge in [0.15, 0.2) is 0 Å². The third-order valence-corrected chi connectivity index (χ3v) is 3.99. The van der Waals surface area contributed by atoms with Crippen LogP contribution >= 0.6 is 50.1 Å². The minimum Gasteiger partial charge on any atom is -0.321 e. The van der Waals surface area contributed by atoms with Gasteiger partial charge in [-0.15, -0.1) is 0 Å². The largest absolute Gasteiger partial charge is 0.321 e. The van der Waals surface area contributed by atoms with Gasteiger partial charge in [-0.1, -0.05) is 23.7 Å². The van der Waals surface area contributed by atoms with Crippen molar-refractivity contribution in [2.24, 2.45) is 0 Å². The first-order chi connectivity index (χ1) is 8.58. The van der Waals surface area contributed by atoms with Crippen molar-refractivity contribution < 1.29 is 4.79 Å². The van der Waals surface area contributed by atoms with E-state index in [9.17, 15) is 4.79 Å². The number of amides is 1. The monoisotopic (exact) mass is 435 g/mol. The Morgan fingerprint density at radius 1 is 1.22 bits per heavy atom. The molecule has 0 bridgehead atoms. The first-order valence-corrected chi connectivity index (χ1v) is 7.34. The number of para-hydroxylation sites is 1. The molecule has 0 aliphatic rings. The molecule has 0 unspecified atom stereocenters. The average molecular weight is 436 g/mol. The zero-order chi connectivity index (χ0) is 13.1. The smallest absolute Gasteiger partial charge is 0.257 e. The van der Waals surface area contributed by atoms with E-state index in [2.05, 4.69) is 43.8 Å². The molecule has 1 amide bonds. The summed E-state index contributed by atoms with van der Waals surface area (Å²) in [6.07, 6.45) is 0. The molecule has 0 radical (unpaired) electrons. The topological polar surface area (TPSA) is 29.1 Å². The molecule has 0 saturated carbocycles. The van der Waals surface area contributed by atoms with Gasteiger partial charge >= 0.3 is 0 Å². The highest BCUT2D eigenvalue weighted by Gasteiger charge is 2.12. The van der Waals surface area contributed by atoms with Gasteiger partial charge in [0.05, 0.1) is 16.3 Å². The maximum Gasteiger partial charge on any atom is 0.257 e. The van der Waals surface area contributed by atoms with Crippen LogP contribution in [0.5, 0.6) is 0 Å². The van der Waals surface area contributed by atoms with Crippen molar-refractivity contribution in [3.63, 3.8) is 0 Å². The second-order valence-electron chi connectivity index (χ2n) is 3.56. The Hall–Kier alpha value is -0.590. The Morgan fingerprint density at radius 2 is 1.94 bits per heavy atom. The van der Waals surface area contributed by atoms with Crippen LogP contribution in [0.1, 0.15) is 10.4 Å². The third-order valence-electron chi connectivity index (χ3n) is 2.30. The molecule has 0 heterocycles. The molecule has 0 spiro atoms. The van der Waals surface area contributed by atoms with Gasteiger partial charge in [-0.05, 0) is 68.9 Å². The van der Waals surface area contributed by atoms with Crippen molar-refractivity contribution in [3.05, 3.63) is 61.1 Å². The summed E-state index contributed by atoms with van der Waals surface area (Å²) in [6.45, 7) is 0. The number of carbonyl (C=O) groups is 1. The Morgan fingerprint density at radius 3 is 2.67 bits per heavy atom. The van der Waals surface area contributed by atoms with Crippen LogP contribution in [-0.4, -0.2) is 5.91 Å². The molecule has 5 heteroatoms. The van der Waals surface area contributed by atoms with Crippen molar-refractivity contribution in [3.8, 4) is 0 Å². The van der Waals surface area contributed by atoms with Gasteiger partial charge in [0.25, 0.3) is 5.91 Å². The van der Waals surface area contributed by atoms with Gasteiger partial charge in [0, 0.05) is 8.04 Å². The number of rotatable bonds is 2. The fourth-order valence-corrected chi connectivity index (χ4v) is 2.50. The number of hydrogen-bond donors (Lipinski definition) is 1. The number of carbonyl (C=O) groups excluding carboxylic acids is 1. The molecular weight excluding hydrogens is 428 g/mol. The molecule has 2 aromatic carbocycles. The number of halogens is 3. The minimum absolute atomic E-state index is 0.217. The normalized spacial score (nSPS) is 10.2. The zero-order valence-corrected chi connectivity index (χ0v) is 13.6. The zero-order valence-electron chi connectivity index (χ0n) is 9.08. The van der Waals surface area contributed by atoms with E-state index in [4.69, 9.17) is 11.6 Å². The summed E-state index contributed by atoms with van der Waals surface area (Å²) in [4.78, 5) is 12.1. The highest BCUT2D eigenvalue weighted by molar-refractivity contribution is 14.1. The van der Waals surface area contributed by atoms with E-state index in [1.807, 2.05) is 30.3 Å². The van der Waals surface area contributed by atoms with E-state index >= 15 is 0 Å². The Balaban J connectivity index is 2.28. The van der Waals surface area contributed by atoms with Crippen molar-refractivity contribution in [2.45, 2.75) is 0 Å². The lowest BCUT2D eigenvalue weighted by Gasteiger charge is -2.08. The molecule has 0 aliphatic carbocycles. The average Bonchev–Trinajstić information content (AvgIpc) is 2.35. The van der Waals surface area contributed by atoms with Crippen molar-refractivity contribution in [1.82, 2.24) is 0 Å². The maximum absolute atomic E-state index is 12.1. The van der Waals surface area contributed by atoms with Gasteiger partial charge in [0.2, 0.25) is 0 Å². The number of anilines is 1. The van der Waals surface area contributed by atoms with Crippen LogP contribution in [0.15, 0.2) is 46.9 Å². The van der Waals surface area contributed by atoms with E-state index in [1.54, 1.807) is 12.1 Å². The van der Waals surface area contributed by atoms with E-state index in [0.717, 1.165) is 13.7 Å². The van der Waals surface area contributed by atoms with Crippen LogP contribution in [0.25, 0.3) is 0 Å². The lowest BCUT2D eigenvalue weighted by molar-refractivity contribution is 0.102. The fourth-order valence-electron chi connectivity index (χ4n) is 1.42. The molecule has 18 heavy (non-hydrogen) atoms. The molecule has 2 rings (SSSR count). The summed E-state index contributed by atoms with van der Waals surface area (Å²) in [5.41, 5.74) is 1.19. The Labute approximate surface area is 132 Å². The van der Waals surface area contributed by atoms with Gasteiger partial charge < -0.3 is 5.32 Å². The van der Waals surface area contributed by atoms with Crippen LogP contribution in [-0.2, 0) is 0 Å². The van der Waals surface area contributed by atoms with E-state index < -0.39 is 0 Å². The molecule has 1 N–H and O–H groups in total. The van der Waals surface area contributed by atoms with Gasteiger partial charge in [-0.25, -0.2) is 0 Å². The van der Waals surface area contributed by atoms with Crippen molar-refractivity contribution >= 4 is 61.7 Å². The third kappa shape index (κ3) is 3.24. The van der Waals surface area contributed by atoms with E-state index in [0.29, 0.717) is 10.6 Å². The second-order valence-corrected chi connectivity index (χ2v) is 6.07. The Bertz CT molecular complexity index is 603. The molecule has 0 atom stereocenters. The van der Waals surface area contributed by atoms with Crippen molar-refractivity contribution in [1.29, 1.82) is 0 Å². The van der Waals surface area contributed by atoms with Crippen LogP contribution in [0.2, 0.25) is 5.02 Å². The lowest BCUT2D eigenvalue weighted by Crippen LogP contribution is -2.13. The summed E-state index contributed by atoms with van der Waals surface area (Å²) in [5.74, 6) is -0.217. The predicted molar refractivity (Wildman–Crippen MR) is 86.3 cm³/mol. The van der Waals surface area contributed by atoms with Gasteiger partial charge in [-0.3, -0.25) is 4.79 Å². The standard InChI is InChI=1S/C13H8BrClINO/c14-10-3-1-2-4-12(10)17-13(18)9-7-8(16)5-6-11(9)15/h1-7H,(H,17,18). The van der Waals surface area contributed by atoms with E-state index in [1.165, 1.54) is 0 Å². The lowest BCUT2D eigenvalue weighted by atomic mass is 10.2. The fraction of sp³-hybridized carbons (Fsp3) is 0. The van der Waals surface area contributed by atoms with Crippen LogP contribution < -0.4 is 5.32 Å². The minimum atomic E-state index is -0.217. The predicted octanol–water partition coefficient (Wildman–Crippen LogP) is 4.96. The second kappa shape index (κ2) is 6.04. The Kier molecular flexibility index (Phi) is 4.64. The summed E-state index contributed by atoms with van der Waals surface area (Å²) < 4.78 is 1.80. The summed E-state index contributed by atoms with van der Waals surface area (Å²) in [6, 6.07) is 12.8.